The minimum absolute atomic E-state index is 0.326. The molecule has 0 amide bonds. The van der Waals surface area contributed by atoms with Crippen LogP contribution in [0.1, 0.15) is 11.6 Å². The molecule has 3 nitrogen and oxygen atoms in total. The Hall–Kier alpha value is -1.35. The van der Waals surface area contributed by atoms with Crippen LogP contribution in [-0.4, -0.2) is 17.6 Å². The Kier molecular flexibility index (Phi) is 4.11. The van der Waals surface area contributed by atoms with Gasteiger partial charge < -0.3 is 15.6 Å². The van der Waals surface area contributed by atoms with E-state index in [0.29, 0.717) is 12.1 Å². The van der Waals surface area contributed by atoms with Gasteiger partial charge in [0.15, 0.2) is 0 Å². The van der Waals surface area contributed by atoms with Crippen molar-refractivity contribution in [3.8, 4) is 11.5 Å². The van der Waals surface area contributed by atoms with Gasteiger partial charge in [0.2, 0.25) is 0 Å². The summed E-state index contributed by atoms with van der Waals surface area (Å²) in [7, 11) is 0. The van der Waals surface area contributed by atoms with E-state index < -0.39 is 40.7 Å². The van der Waals surface area contributed by atoms with Crippen molar-refractivity contribution in [2.24, 2.45) is 5.73 Å². The largest absolute Gasteiger partial charge is 0.573 e. The Bertz CT molecular complexity index is 473. The molecule has 1 aromatic carbocycles. The predicted molar refractivity (Wildman–Crippen MR) is 52.8 cm³/mol. The number of ether oxygens (including phenoxy) is 1. The summed E-state index contributed by atoms with van der Waals surface area (Å²) in [5.41, 5.74) is 3.78. The molecular weight excluding hydrogens is 304 g/mol. The van der Waals surface area contributed by atoms with Crippen molar-refractivity contribution in [3.05, 3.63) is 22.7 Å². The molecule has 0 spiro atoms. The first-order valence-electron chi connectivity index (χ1n) is 4.52. The van der Waals surface area contributed by atoms with Crippen LogP contribution in [0, 0.1) is 0 Å². The van der Waals surface area contributed by atoms with Crippen LogP contribution in [-0.2, 0) is 0 Å². The highest BCUT2D eigenvalue weighted by Gasteiger charge is 2.40. The molecule has 0 fully saturated rings. The van der Waals surface area contributed by atoms with Gasteiger partial charge >= 0.3 is 12.5 Å². The molecule has 1 aromatic rings. The van der Waals surface area contributed by atoms with E-state index in [4.69, 9.17) is 17.3 Å². The SMILES string of the molecule is N[C@H](c1cc(OC(F)(F)F)cc(Cl)c1O)C(F)(F)F. The molecule has 0 aliphatic rings. The summed E-state index contributed by atoms with van der Waals surface area (Å²) < 4.78 is 76.4. The molecule has 0 heterocycles. The van der Waals surface area contributed by atoms with E-state index in [1.165, 1.54) is 0 Å². The average molecular weight is 310 g/mol. The Labute approximate surface area is 107 Å². The lowest BCUT2D eigenvalue weighted by Crippen LogP contribution is -2.28. The standard InChI is InChI=1S/C9H6ClF6NO2/c10-5-2-3(19-9(14,15)16)1-4(6(5)18)7(17)8(11,12)13/h1-2,7,18H,17H2/t7-/m1/s1. The van der Waals surface area contributed by atoms with Crippen LogP contribution >= 0.6 is 11.6 Å². The summed E-state index contributed by atoms with van der Waals surface area (Å²) in [5.74, 6) is -2.06. The topological polar surface area (TPSA) is 55.5 Å². The lowest BCUT2D eigenvalue weighted by atomic mass is 10.1. The minimum Gasteiger partial charge on any atom is -0.506 e. The number of phenolic OH excluding ortho intramolecular Hbond substituents is 1. The van der Waals surface area contributed by atoms with Crippen molar-refractivity contribution in [2.75, 3.05) is 0 Å². The van der Waals surface area contributed by atoms with Crippen molar-refractivity contribution in [3.63, 3.8) is 0 Å². The fourth-order valence-electron chi connectivity index (χ4n) is 1.20. The summed E-state index contributed by atoms with van der Waals surface area (Å²) in [6.45, 7) is 0. The van der Waals surface area contributed by atoms with Crippen LogP contribution in [0.4, 0.5) is 26.3 Å². The smallest absolute Gasteiger partial charge is 0.506 e. The molecule has 0 radical (unpaired) electrons. The van der Waals surface area contributed by atoms with E-state index >= 15 is 0 Å². The molecule has 1 atom stereocenters. The van der Waals surface area contributed by atoms with Gasteiger partial charge in [0, 0.05) is 11.6 Å². The number of benzene rings is 1. The summed E-state index contributed by atoms with van der Waals surface area (Å²) in [4.78, 5) is 0. The average Bonchev–Trinajstić information content (AvgIpc) is 2.18. The van der Waals surface area contributed by atoms with Crippen LogP contribution < -0.4 is 10.5 Å². The molecule has 108 valence electrons. The molecular formula is C9H6ClF6NO2. The number of hydrogen-bond donors (Lipinski definition) is 2. The van der Waals surface area contributed by atoms with E-state index in [9.17, 15) is 31.4 Å². The van der Waals surface area contributed by atoms with Crippen LogP contribution in [0.3, 0.4) is 0 Å². The fraction of sp³-hybridized carbons (Fsp3) is 0.333. The number of halogens is 7. The molecule has 0 unspecified atom stereocenters. The number of alkyl halides is 6. The van der Waals surface area contributed by atoms with Gasteiger partial charge in [0.05, 0.1) is 5.02 Å². The number of hydrogen-bond acceptors (Lipinski definition) is 3. The van der Waals surface area contributed by atoms with Crippen LogP contribution in [0.15, 0.2) is 12.1 Å². The van der Waals surface area contributed by atoms with E-state index in [1.807, 2.05) is 0 Å². The number of nitrogens with two attached hydrogens (primary N) is 1. The van der Waals surface area contributed by atoms with Gasteiger partial charge in [-0.25, -0.2) is 0 Å². The van der Waals surface area contributed by atoms with Crippen molar-refractivity contribution in [1.29, 1.82) is 0 Å². The molecule has 19 heavy (non-hydrogen) atoms. The second kappa shape index (κ2) is 4.97. The van der Waals surface area contributed by atoms with Gasteiger partial charge in [-0.3, -0.25) is 0 Å². The second-order valence-electron chi connectivity index (χ2n) is 3.41. The third-order valence-electron chi connectivity index (χ3n) is 1.99. The summed E-state index contributed by atoms with van der Waals surface area (Å²) in [5, 5.41) is 8.57. The predicted octanol–water partition coefficient (Wildman–Crippen LogP) is 3.51. The molecule has 1 rings (SSSR count). The van der Waals surface area contributed by atoms with Crippen molar-refractivity contribution < 1.29 is 36.2 Å². The van der Waals surface area contributed by atoms with Crippen LogP contribution in [0.25, 0.3) is 0 Å². The van der Waals surface area contributed by atoms with Crippen molar-refractivity contribution in [1.82, 2.24) is 0 Å². The van der Waals surface area contributed by atoms with Gasteiger partial charge in [0.1, 0.15) is 17.5 Å². The van der Waals surface area contributed by atoms with Gasteiger partial charge in [-0.1, -0.05) is 11.6 Å². The summed E-state index contributed by atoms with van der Waals surface area (Å²) in [6.07, 6.45) is -10.1. The first kappa shape index (κ1) is 15.7. The second-order valence-corrected chi connectivity index (χ2v) is 3.82. The maximum atomic E-state index is 12.4. The maximum Gasteiger partial charge on any atom is 0.573 e. The first-order valence-corrected chi connectivity index (χ1v) is 4.90. The highest BCUT2D eigenvalue weighted by Crippen LogP contribution is 2.41. The summed E-state index contributed by atoms with van der Waals surface area (Å²) in [6, 6.07) is -1.84. The lowest BCUT2D eigenvalue weighted by Gasteiger charge is -2.19. The molecule has 0 saturated heterocycles. The number of aromatic hydroxyl groups is 1. The van der Waals surface area contributed by atoms with E-state index in [-0.39, 0.29) is 0 Å². The highest BCUT2D eigenvalue weighted by atomic mass is 35.5. The summed E-state index contributed by atoms with van der Waals surface area (Å²) >= 11 is 5.32. The third-order valence-corrected chi connectivity index (χ3v) is 2.28. The minimum atomic E-state index is -5.11. The number of phenols is 1. The molecule has 10 heteroatoms. The zero-order valence-corrected chi connectivity index (χ0v) is 9.57. The highest BCUT2D eigenvalue weighted by molar-refractivity contribution is 6.32. The van der Waals surface area contributed by atoms with E-state index in [1.54, 1.807) is 0 Å². The Balaban J connectivity index is 3.25. The van der Waals surface area contributed by atoms with E-state index in [2.05, 4.69) is 4.74 Å². The third kappa shape index (κ3) is 4.06. The normalized spacial score (nSPS) is 14.3. The molecule has 0 aliphatic heterocycles. The van der Waals surface area contributed by atoms with Crippen LogP contribution in [0.2, 0.25) is 5.02 Å². The number of rotatable bonds is 2. The van der Waals surface area contributed by atoms with Crippen molar-refractivity contribution >= 4 is 11.6 Å². The van der Waals surface area contributed by atoms with Gasteiger partial charge in [0.25, 0.3) is 0 Å². The molecule has 0 aliphatic carbocycles. The maximum absolute atomic E-state index is 12.4. The zero-order valence-electron chi connectivity index (χ0n) is 8.81. The molecule has 0 aromatic heterocycles. The first-order chi connectivity index (χ1) is 8.42. The molecule has 0 saturated carbocycles. The Morgan fingerprint density at radius 1 is 1.16 bits per heavy atom. The zero-order chi connectivity index (χ0) is 15.0. The van der Waals surface area contributed by atoms with E-state index in [0.717, 1.165) is 0 Å². The van der Waals surface area contributed by atoms with Gasteiger partial charge in [-0.05, 0) is 6.07 Å². The molecule has 3 N–H and O–H groups in total. The Morgan fingerprint density at radius 3 is 2.11 bits per heavy atom. The quantitative estimate of drug-likeness (QED) is 0.822. The lowest BCUT2D eigenvalue weighted by molar-refractivity contribution is -0.274. The van der Waals surface area contributed by atoms with Crippen molar-refractivity contribution in [2.45, 2.75) is 18.6 Å². The van der Waals surface area contributed by atoms with Gasteiger partial charge in [-0.15, -0.1) is 13.2 Å². The molecule has 0 bridgehead atoms. The van der Waals surface area contributed by atoms with Gasteiger partial charge in [-0.2, -0.15) is 13.2 Å². The Morgan fingerprint density at radius 2 is 1.68 bits per heavy atom. The monoisotopic (exact) mass is 309 g/mol. The van der Waals surface area contributed by atoms with Crippen LogP contribution in [0.5, 0.6) is 11.5 Å². The fourth-order valence-corrected chi connectivity index (χ4v) is 1.42.